The van der Waals surface area contributed by atoms with E-state index < -0.39 is 12.5 Å². The molecule has 2 aromatic carbocycles. The summed E-state index contributed by atoms with van der Waals surface area (Å²) < 4.78 is 39.6. The third-order valence-corrected chi connectivity index (χ3v) is 6.84. The van der Waals surface area contributed by atoms with Crippen molar-refractivity contribution in [3.05, 3.63) is 52.8 Å². The molecule has 0 aliphatic rings. The summed E-state index contributed by atoms with van der Waals surface area (Å²) in [7, 11) is 6.18. The maximum atomic E-state index is 14.1. The number of aryl methyl sites for hydroxylation is 2. The van der Waals surface area contributed by atoms with Crippen molar-refractivity contribution in [2.45, 2.75) is 57.9 Å². The number of anilines is 1. The Hall–Kier alpha value is -3.57. The van der Waals surface area contributed by atoms with Crippen molar-refractivity contribution in [1.82, 2.24) is 15.0 Å². The number of ether oxygens (including phenoxy) is 2. The maximum Gasteiger partial charge on any atom is 0.295 e. The molecule has 0 fully saturated rings. The van der Waals surface area contributed by atoms with Crippen LogP contribution in [0.3, 0.4) is 0 Å². The average molecular weight is 561 g/mol. The van der Waals surface area contributed by atoms with Crippen molar-refractivity contribution in [2.24, 2.45) is 0 Å². The highest BCUT2D eigenvalue weighted by atomic mass is 19.3. The number of carbonyl (C=O) groups excluding carboxylic acids is 1. The first kappa shape index (κ1) is 31.0. The Morgan fingerprint density at radius 3 is 2.52 bits per heavy atom. The maximum absolute atomic E-state index is 14.1. The molecular formula is C29H38F2N4O5. The van der Waals surface area contributed by atoms with Gasteiger partial charge in [-0.05, 0) is 50.8 Å². The van der Waals surface area contributed by atoms with Crippen LogP contribution in [0.15, 0.2) is 30.3 Å². The first-order chi connectivity index (χ1) is 19.1. The van der Waals surface area contributed by atoms with Crippen molar-refractivity contribution in [1.29, 1.82) is 0 Å². The highest BCUT2D eigenvalue weighted by molar-refractivity contribution is 5.94. The summed E-state index contributed by atoms with van der Waals surface area (Å²) >= 11 is 0. The number of aliphatic hydroxyl groups is 1. The second kappa shape index (κ2) is 13.7. The summed E-state index contributed by atoms with van der Waals surface area (Å²) in [5, 5.41) is 14.4. The van der Waals surface area contributed by atoms with E-state index in [9.17, 15) is 13.6 Å². The number of hydrogen-bond donors (Lipinski definition) is 2. The lowest BCUT2D eigenvalue weighted by atomic mass is 10.00. The molecule has 0 bridgehead atoms. The fourth-order valence-corrected chi connectivity index (χ4v) is 4.55. The summed E-state index contributed by atoms with van der Waals surface area (Å²) in [6.45, 7) is 2.37. The van der Waals surface area contributed by atoms with Crippen LogP contribution in [-0.4, -0.2) is 61.0 Å². The summed E-state index contributed by atoms with van der Waals surface area (Å²) in [5.74, 6) is -1.24. The summed E-state index contributed by atoms with van der Waals surface area (Å²) in [6, 6.07) is 7.39. The highest BCUT2D eigenvalue weighted by Crippen LogP contribution is 2.40. The van der Waals surface area contributed by atoms with E-state index in [-0.39, 0.29) is 17.5 Å². The van der Waals surface area contributed by atoms with Crippen molar-refractivity contribution < 1.29 is 33.0 Å². The number of hydrogen-bond acceptors (Lipinski definition) is 8. The van der Waals surface area contributed by atoms with Crippen LogP contribution >= 0.6 is 0 Å². The molecule has 0 saturated heterocycles. The van der Waals surface area contributed by atoms with Crippen LogP contribution in [0.5, 0.6) is 11.5 Å². The Bertz CT molecular complexity index is 1320. The van der Waals surface area contributed by atoms with Crippen LogP contribution in [0.1, 0.15) is 61.2 Å². The molecule has 218 valence electrons. The van der Waals surface area contributed by atoms with Crippen LogP contribution in [0.4, 0.5) is 14.6 Å². The molecule has 0 saturated carbocycles. The number of aromatic nitrogens is 2. The van der Waals surface area contributed by atoms with Gasteiger partial charge < -0.3 is 19.9 Å². The molecule has 0 unspecified atom stereocenters. The van der Waals surface area contributed by atoms with Gasteiger partial charge in [0.1, 0.15) is 18.2 Å². The van der Waals surface area contributed by atoms with Gasteiger partial charge in [0.05, 0.1) is 26.8 Å². The van der Waals surface area contributed by atoms with E-state index in [1.54, 1.807) is 40.3 Å². The molecular weight excluding hydrogens is 522 g/mol. The van der Waals surface area contributed by atoms with Gasteiger partial charge in [0, 0.05) is 36.0 Å². The third-order valence-electron chi connectivity index (χ3n) is 6.84. The molecule has 0 aliphatic carbocycles. The topological polar surface area (TPSA) is 106 Å². The third kappa shape index (κ3) is 7.14. The van der Waals surface area contributed by atoms with Crippen LogP contribution in [0, 0.1) is 6.92 Å². The lowest BCUT2D eigenvalue weighted by molar-refractivity contribution is -0.168. The number of halogens is 2. The number of aliphatic hydroxyl groups excluding tert-OH is 1. The number of alkyl halides is 2. The normalized spacial score (nSPS) is 12.3. The van der Waals surface area contributed by atoms with Gasteiger partial charge in [-0.2, -0.15) is 8.78 Å². The summed E-state index contributed by atoms with van der Waals surface area (Å²) in [6.07, 6.45) is 3.33. The lowest BCUT2D eigenvalue weighted by Gasteiger charge is -2.21. The standard InChI is InChI=1S/C29H38F2N4O5/c1-18(20-11-10-12-21(15-20)29(30,31)17-36)32-28-23-16-24(38-4)27(39-5)22(26(23)33-19(2)34-28)13-8-7-9-14-25(37)35(3)40-6/h10-12,15-16,18,36H,7-9,13-14,17H2,1-6H3,(H,32,33,34)/t18-/m1/s1. The average Bonchev–Trinajstić information content (AvgIpc) is 2.95. The minimum Gasteiger partial charge on any atom is -0.493 e. The Morgan fingerprint density at radius 1 is 1.12 bits per heavy atom. The van der Waals surface area contributed by atoms with E-state index in [1.165, 1.54) is 24.3 Å². The van der Waals surface area contributed by atoms with Crippen molar-refractivity contribution >= 4 is 22.6 Å². The second-order valence-electron chi connectivity index (χ2n) is 9.59. The van der Waals surface area contributed by atoms with E-state index in [0.29, 0.717) is 58.9 Å². The van der Waals surface area contributed by atoms with Crippen LogP contribution in [-0.2, 0) is 22.0 Å². The second-order valence-corrected chi connectivity index (χ2v) is 9.59. The predicted molar refractivity (Wildman–Crippen MR) is 149 cm³/mol. The molecule has 1 atom stereocenters. The number of nitrogens with one attached hydrogen (secondary N) is 1. The Balaban J connectivity index is 1.92. The predicted octanol–water partition coefficient (Wildman–Crippen LogP) is 5.34. The number of benzene rings is 2. The number of carbonyl (C=O) groups is 1. The molecule has 3 rings (SSSR count). The number of amides is 1. The molecule has 2 N–H and O–H groups in total. The molecule has 1 amide bonds. The van der Waals surface area contributed by atoms with Gasteiger partial charge in [-0.25, -0.2) is 15.0 Å². The number of nitrogens with zero attached hydrogens (tertiary/aromatic N) is 3. The number of hydroxylamine groups is 2. The van der Waals surface area contributed by atoms with Gasteiger partial charge in [-0.1, -0.05) is 24.6 Å². The number of methoxy groups -OCH3 is 2. The van der Waals surface area contributed by atoms with Crippen molar-refractivity contribution in [3.8, 4) is 11.5 Å². The monoisotopic (exact) mass is 560 g/mol. The molecule has 0 aliphatic heterocycles. The smallest absolute Gasteiger partial charge is 0.295 e. The van der Waals surface area contributed by atoms with Crippen molar-refractivity contribution in [3.63, 3.8) is 0 Å². The molecule has 9 nitrogen and oxygen atoms in total. The van der Waals surface area contributed by atoms with E-state index in [4.69, 9.17) is 24.4 Å². The van der Waals surface area contributed by atoms with Crippen molar-refractivity contribution in [2.75, 3.05) is 40.3 Å². The van der Waals surface area contributed by atoms with Gasteiger partial charge in [0.15, 0.2) is 11.5 Å². The molecule has 1 heterocycles. The Kier molecular flexibility index (Phi) is 10.6. The molecule has 3 aromatic rings. The van der Waals surface area contributed by atoms with Crippen LogP contribution < -0.4 is 14.8 Å². The van der Waals surface area contributed by atoms with Gasteiger partial charge in [-0.3, -0.25) is 9.63 Å². The number of fused-ring (bicyclic) bond motifs is 1. The van der Waals surface area contributed by atoms with Gasteiger partial charge in [-0.15, -0.1) is 0 Å². The molecule has 0 radical (unpaired) electrons. The van der Waals surface area contributed by atoms with E-state index >= 15 is 0 Å². The van der Waals surface area contributed by atoms with Gasteiger partial charge in [0.2, 0.25) is 5.91 Å². The zero-order chi connectivity index (χ0) is 29.4. The van der Waals surface area contributed by atoms with Crippen LogP contribution in [0.2, 0.25) is 0 Å². The Morgan fingerprint density at radius 2 is 1.88 bits per heavy atom. The fraction of sp³-hybridized carbons (Fsp3) is 0.483. The zero-order valence-electron chi connectivity index (χ0n) is 23.9. The fourth-order valence-electron chi connectivity index (χ4n) is 4.55. The minimum absolute atomic E-state index is 0.0780. The van der Waals surface area contributed by atoms with Gasteiger partial charge >= 0.3 is 0 Å². The van der Waals surface area contributed by atoms with E-state index in [2.05, 4.69) is 10.3 Å². The first-order valence-corrected chi connectivity index (χ1v) is 13.1. The summed E-state index contributed by atoms with van der Waals surface area (Å²) in [4.78, 5) is 26.3. The lowest BCUT2D eigenvalue weighted by Crippen LogP contribution is -2.24. The molecule has 40 heavy (non-hydrogen) atoms. The molecule has 1 aromatic heterocycles. The van der Waals surface area contributed by atoms with Gasteiger partial charge in [0.25, 0.3) is 5.92 Å². The molecule has 11 heteroatoms. The van der Waals surface area contributed by atoms with E-state index in [1.807, 2.05) is 13.0 Å². The van der Waals surface area contributed by atoms with E-state index in [0.717, 1.165) is 18.4 Å². The number of unbranched alkanes of at least 4 members (excludes halogenated alkanes) is 2. The quantitative estimate of drug-likeness (QED) is 0.201. The number of rotatable bonds is 14. The Labute approximate surface area is 233 Å². The van der Waals surface area contributed by atoms with Crippen LogP contribution in [0.25, 0.3) is 10.9 Å². The largest absolute Gasteiger partial charge is 0.493 e. The zero-order valence-corrected chi connectivity index (χ0v) is 23.9. The highest BCUT2D eigenvalue weighted by Gasteiger charge is 2.31. The summed E-state index contributed by atoms with van der Waals surface area (Å²) in [5.41, 5.74) is 1.93. The minimum atomic E-state index is -3.33. The molecule has 0 spiro atoms. The SMILES string of the molecule is COc1cc2c(N[C@H](C)c3cccc(C(F)(F)CO)c3)nc(C)nc2c(CCCCCC(=O)N(C)OC)c1OC. The first-order valence-electron chi connectivity index (χ1n) is 13.1.